The van der Waals surface area contributed by atoms with E-state index >= 15 is 0 Å². The van der Waals surface area contributed by atoms with Crippen LogP contribution in [-0.4, -0.2) is 27.8 Å². The number of nitrogens with one attached hydrogen (secondary N) is 1. The van der Waals surface area contributed by atoms with Gasteiger partial charge in [0.05, 0.1) is 0 Å². The van der Waals surface area contributed by atoms with Crippen LogP contribution in [0.15, 0.2) is 18.2 Å². The van der Waals surface area contributed by atoms with Gasteiger partial charge in [-0.3, -0.25) is 0 Å². The second kappa shape index (κ2) is 6.90. The van der Waals surface area contributed by atoms with Gasteiger partial charge in [0.15, 0.2) is 0 Å². The minimum atomic E-state index is 0.0943. The van der Waals surface area contributed by atoms with Crippen molar-refractivity contribution in [3.05, 3.63) is 23.8 Å². The van der Waals surface area contributed by atoms with E-state index in [1.54, 1.807) is 12.1 Å². The summed E-state index contributed by atoms with van der Waals surface area (Å²) in [5.74, 6) is 0.238. The number of benzene rings is 1. The summed E-state index contributed by atoms with van der Waals surface area (Å²) in [4.78, 5) is 0. The molecule has 0 heterocycles. The molecule has 18 heavy (non-hydrogen) atoms. The average molecular weight is 269 g/mol. The predicted molar refractivity (Wildman–Crippen MR) is 78.3 cm³/mol. The van der Waals surface area contributed by atoms with Gasteiger partial charge in [0.25, 0.3) is 0 Å². The monoisotopic (exact) mass is 269 g/mol. The van der Waals surface area contributed by atoms with Crippen LogP contribution in [0.2, 0.25) is 0 Å². The molecule has 3 nitrogen and oxygen atoms in total. The molecular weight excluding hydrogens is 246 g/mol. The number of rotatable bonds is 7. The van der Waals surface area contributed by atoms with Gasteiger partial charge in [0.2, 0.25) is 0 Å². The number of phenolic OH excluding ortho intramolecular Hbond substituents is 2. The Bertz CT molecular complexity index is 370. The minimum absolute atomic E-state index is 0.0943. The Balaban J connectivity index is 2.55. The van der Waals surface area contributed by atoms with Crippen molar-refractivity contribution in [2.45, 2.75) is 38.0 Å². The fourth-order valence-corrected chi connectivity index (χ4v) is 2.81. The molecule has 0 atom stereocenters. The van der Waals surface area contributed by atoms with E-state index in [1.165, 1.54) is 6.07 Å². The first-order valence-electron chi connectivity index (χ1n) is 6.33. The Morgan fingerprint density at radius 1 is 1.22 bits per heavy atom. The second-order valence-corrected chi connectivity index (χ2v) is 5.79. The lowest BCUT2D eigenvalue weighted by atomic mass is 10.0. The van der Waals surface area contributed by atoms with Crippen LogP contribution in [0.5, 0.6) is 11.5 Å². The molecule has 0 unspecified atom stereocenters. The van der Waals surface area contributed by atoms with Crippen LogP contribution in [0.3, 0.4) is 0 Å². The number of aromatic hydroxyl groups is 2. The van der Waals surface area contributed by atoms with Crippen molar-refractivity contribution in [1.82, 2.24) is 5.32 Å². The van der Waals surface area contributed by atoms with Crippen LogP contribution in [0.4, 0.5) is 0 Å². The van der Waals surface area contributed by atoms with Crippen molar-refractivity contribution in [2.75, 3.05) is 12.8 Å². The molecule has 0 fully saturated rings. The zero-order chi connectivity index (χ0) is 13.6. The maximum absolute atomic E-state index is 9.69. The molecule has 1 aromatic rings. The minimum Gasteiger partial charge on any atom is -0.508 e. The van der Waals surface area contributed by atoms with Gasteiger partial charge in [-0.2, -0.15) is 11.8 Å². The van der Waals surface area contributed by atoms with E-state index in [2.05, 4.69) is 25.4 Å². The summed E-state index contributed by atoms with van der Waals surface area (Å²) >= 11 is 1.89. The highest BCUT2D eigenvalue weighted by atomic mass is 32.2. The van der Waals surface area contributed by atoms with Gasteiger partial charge in [-0.15, -0.1) is 0 Å². The van der Waals surface area contributed by atoms with E-state index in [9.17, 15) is 10.2 Å². The normalized spacial score (nSPS) is 11.7. The maximum atomic E-state index is 9.69. The molecule has 0 aromatic heterocycles. The van der Waals surface area contributed by atoms with E-state index in [4.69, 9.17) is 0 Å². The van der Waals surface area contributed by atoms with Crippen LogP contribution in [0, 0.1) is 0 Å². The highest BCUT2D eigenvalue weighted by Gasteiger charge is 2.24. The van der Waals surface area contributed by atoms with Gasteiger partial charge in [0, 0.05) is 29.5 Å². The maximum Gasteiger partial charge on any atom is 0.123 e. The van der Waals surface area contributed by atoms with Gasteiger partial charge in [-0.1, -0.05) is 19.9 Å². The SMILES string of the molecule is CCC(CC)(CNCc1ccc(O)cc1O)SC. The third-order valence-corrected chi connectivity index (χ3v) is 5.14. The largest absolute Gasteiger partial charge is 0.508 e. The lowest BCUT2D eigenvalue weighted by Crippen LogP contribution is -2.36. The number of hydrogen-bond donors (Lipinski definition) is 3. The van der Waals surface area contributed by atoms with Gasteiger partial charge in [-0.05, 0) is 25.2 Å². The Morgan fingerprint density at radius 3 is 2.39 bits per heavy atom. The van der Waals surface area contributed by atoms with Crippen molar-refractivity contribution in [1.29, 1.82) is 0 Å². The number of hydrogen-bond acceptors (Lipinski definition) is 4. The third kappa shape index (κ3) is 3.82. The zero-order valence-corrected chi connectivity index (χ0v) is 12.2. The van der Waals surface area contributed by atoms with Gasteiger partial charge in [0.1, 0.15) is 11.5 Å². The molecule has 102 valence electrons. The second-order valence-electron chi connectivity index (χ2n) is 4.51. The molecule has 0 saturated carbocycles. The molecule has 0 aliphatic heterocycles. The fourth-order valence-electron chi connectivity index (χ4n) is 1.99. The Morgan fingerprint density at radius 2 is 1.89 bits per heavy atom. The van der Waals surface area contributed by atoms with E-state index < -0.39 is 0 Å². The van der Waals surface area contributed by atoms with E-state index in [-0.39, 0.29) is 16.2 Å². The van der Waals surface area contributed by atoms with Crippen molar-refractivity contribution in [3.8, 4) is 11.5 Å². The summed E-state index contributed by atoms with van der Waals surface area (Å²) in [5.41, 5.74) is 0.815. The summed E-state index contributed by atoms with van der Waals surface area (Å²) < 4.78 is 0.270. The zero-order valence-electron chi connectivity index (χ0n) is 11.4. The first kappa shape index (κ1) is 15.2. The van der Waals surface area contributed by atoms with Crippen LogP contribution >= 0.6 is 11.8 Å². The van der Waals surface area contributed by atoms with E-state index in [0.29, 0.717) is 6.54 Å². The highest BCUT2D eigenvalue weighted by molar-refractivity contribution is 8.00. The van der Waals surface area contributed by atoms with E-state index in [0.717, 1.165) is 24.9 Å². The summed E-state index contributed by atoms with van der Waals surface area (Å²) in [6.07, 6.45) is 4.39. The van der Waals surface area contributed by atoms with Crippen molar-refractivity contribution in [3.63, 3.8) is 0 Å². The van der Waals surface area contributed by atoms with Crippen molar-refractivity contribution in [2.24, 2.45) is 0 Å². The third-order valence-electron chi connectivity index (χ3n) is 3.55. The fraction of sp³-hybridized carbons (Fsp3) is 0.571. The highest BCUT2D eigenvalue weighted by Crippen LogP contribution is 2.30. The summed E-state index contributed by atoms with van der Waals surface area (Å²) in [7, 11) is 0. The van der Waals surface area contributed by atoms with Crippen LogP contribution in [-0.2, 0) is 6.54 Å². The van der Waals surface area contributed by atoms with Crippen molar-refractivity contribution < 1.29 is 10.2 Å². The molecule has 1 rings (SSSR count). The molecule has 0 amide bonds. The standard InChI is InChI=1S/C14H23NO2S/c1-4-14(5-2,18-3)10-15-9-11-6-7-12(16)8-13(11)17/h6-8,15-17H,4-5,9-10H2,1-3H3. The lowest BCUT2D eigenvalue weighted by Gasteiger charge is -2.30. The molecule has 0 aliphatic carbocycles. The van der Waals surface area contributed by atoms with E-state index in [1.807, 2.05) is 11.8 Å². The van der Waals surface area contributed by atoms with Crippen LogP contribution in [0.25, 0.3) is 0 Å². The smallest absolute Gasteiger partial charge is 0.123 e. The van der Waals surface area contributed by atoms with Gasteiger partial charge >= 0.3 is 0 Å². The summed E-state index contributed by atoms with van der Waals surface area (Å²) in [5, 5.41) is 22.3. The molecule has 3 N–H and O–H groups in total. The first-order valence-corrected chi connectivity index (χ1v) is 7.56. The quantitative estimate of drug-likeness (QED) is 0.712. The Labute approximate surface area is 114 Å². The topological polar surface area (TPSA) is 52.5 Å². The Hall–Kier alpha value is -0.870. The molecule has 0 spiro atoms. The molecule has 0 radical (unpaired) electrons. The summed E-state index contributed by atoms with van der Waals surface area (Å²) in [6, 6.07) is 4.72. The first-order chi connectivity index (χ1) is 8.56. The number of thioether (sulfide) groups is 1. The molecule has 1 aromatic carbocycles. The van der Waals surface area contributed by atoms with Crippen LogP contribution < -0.4 is 5.32 Å². The summed E-state index contributed by atoms with van der Waals surface area (Å²) in [6.45, 7) is 5.95. The molecular formula is C14H23NO2S. The van der Waals surface area contributed by atoms with Crippen LogP contribution in [0.1, 0.15) is 32.3 Å². The average Bonchev–Trinajstić information content (AvgIpc) is 2.38. The molecule has 0 aliphatic rings. The molecule has 0 saturated heterocycles. The Kier molecular flexibility index (Phi) is 5.82. The lowest BCUT2D eigenvalue weighted by molar-refractivity contribution is 0.440. The number of phenols is 2. The molecule has 4 heteroatoms. The predicted octanol–water partition coefficient (Wildman–Crippen LogP) is 3.11. The van der Waals surface area contributed by atoms with Gasteiger partial charge < -0.3 is 15.5 Å². The van der Waals surface area contributed by atoms with Crippen molar-refractivity contribution >= 4 is 11.8 Å². The van der Waals surface area contributed by atoms with Gasteiger partial charge in [-0.25, -0.2) is 0 Å². The molecule has 0 bridgehead atoms.